The monoisotopic (exact) mass is 515 g/mol. The minimum Gasteiger partial charge on any atom is -0.496 e. The Labute approximate surface area is 208 Å². The smallest absolute Gasteiger partial charge is 0.255 e. The third-order valence-corrected chi connectivity index (χ3v) is 6.55. The van der Waals surface area contributed by atoms with E-state index in [0.717, 1.165) is 25.9 Å². The number of nitrogens with two attached hydrogens (primary N) is 1. The van der Waals surface area contributed by atoms with E-state index < -0.39 is 6.10 Å². The van der Waals surface area contributed by atoms with Crippen LogP contribution < -0.4 is 20.5 Å². The molecule has 0 spiro atoms. The highest BCUT2D eigenvalue weighted by Crippen LogP contribution is 2.32. The number of likely N-dealkylation sites (tertiary alicyclic amines) is 1. The maximum Gasteiger partial charge on any atom is 0.255 e. The number of amides is 1. The summed E-state index contributed by atoms with van der Waals surface area (Å²) in [6.45, 7) is 2.78. The zero-order valence-corrected chi connectivity index (χ0v) is 20.6. The van der Waals surface area contributed by atoms with Gasteiger partial charge in [-0.1, -0.05) is 40.9 Å². The number of aliphatic hydroxyl groups excluding tert-OH is 1. The molecule has 2 aromatic rings. The van der Waals surface area contributed by atoms with Gasteiger partial charge in [-0.15, -0.1) is 0 Å². The van der Waals surface area contributed by atoms with Gasteiger partial charge >= 0.3 is 0 Å². The van der Waals surface area contributed by atoms with Crippen molar-refractivity contribution in [3.63, 3.8) is 0 Å². The first-order valence-corrected chi connectivity index (χ1v) is 11.8. The molecule has 0 bridgehead atoms. The normalized spacial score (nSPS) is 15.8. The van der Waals surface area contributed by atoms with Crippen LogP contribution in [-0.4, -0.2) is 61.9 Å². The van der Waals surface area contributed by atoms with E-state index >= 15 is 0 Å². The van der Waals surface area contributed by atoms with Crippen molar-refractivity contribution in [2.45, 2.75) is 18.9 Å². The Hall–Kier alpha value is -1.90. The molecular weight excluding hydrogens is 489 g/mol. The molecular formula is C23H28Cl3N3O4. The molecule has 1 amide bonds. The van der Waals surface area contributed by atoms with Crippen LogP contribution in [0, 0.1) is 5.92 Å². The SMILES string of the molecule is COc1cc(N)c(Cl)cc1C(=O)NCC1CCN(CC(O)COc2c(Cl)cccc2Cl)CC1. The summed E-state index contributed by atoms with van der Waals surface area (Å²) >= 11 is 18.2. The minimum absolute atomic E-state index is 0.103. The van der Waals surface area contributed by atoms with Crippen LogP contribution in [0.25, 0.3) is 0 Å². The summed E-state index contributed by atoms with van der Waals surface area (Å²) in [5.74, 6) is 0.865. The van der Waals surface area contributed by atoms with Gasteiger partial charge < -0.3 is 30.5 Å². The Morgan fingerprint density at radius 2 is 1.88 bits per heavy atom. The number of nitrogens with zero attached hydrogens (tertiary/aromatic N) is 1. The van der Waals surface area contributed by atoms with E-state index in [1.807, 2.05) is 0 Å². The number of ether oxygens (including phenoxy) is 2. The lowest BCUT2D eigenvalue weighted by molar-refractivity contribution is 0.0548. The first kappa shape index (κ1) is 25.7. The van der Waals surface area contributed by atoms with E-state index in [1.165, 1.54) is 13.2 Å². The molecule has 1 heterocycles. The van der Waals surface area contributed by atoms with Crippen LogP contribution in [0.5, 0.6) is 11.5 Å². The molecule has 1 saturated heterocycles. The summed E-state index contributed by atoms with van der Waals surface area (Å²) in [5, 5.41) is 14.5. The Balaban J connectivity index is 1.41. The molecule has 2 aromatic carbocycles. The summed E-state index contributed by atoms with van der Waals surface area (Å²) in [6.07, 6.45) is 1.14. The molecule has 33 heavy (non-hydrogen) atoms. The number of β-amino-alcohol motifs (C(OH)–C–C–N with tert-alkyl or cyclic N) is 1. The number of carbonyl (C=O) groups is 1. The van der Waals surface area contributed by atoms with Crippen LogP contribution in [0.3, 0.4) is 0 Å². The highest BCUT2D eigenvalue weighted by atomic mass is 35.5. The Kier molecular flexibility index (Phi) is 9.35. The van der Waals surface area contributed by atoms with Crippen LogP contribution >= 0.6 is 34.8 Å². The number of anilines is 1. The topological polar surface area (TPSA) is 97.0 Å². The lowest BCUT2D eigenvalue weighted by Gasteiger charge is -2.33. The minimum atomic E-state index is -0.670. The molecule has 1 atom stereocenters. The first-order valence-electron chi connectivity index (χ1n) is 10.7. The first-order chi connectivity index (χ1) is 15.8. The van der Waals surface area contributed by atoms with Crippen molar-refractivity contribution >= 4 is 46.4 Å². The number of halogens is 3. The van der Waals surface area contributed by atoms with Gasteiger partial charge in [0.15, 0.2) is 5.75 Å². The molecule has 0 aliphatic carbocycles. The van der Waals surface area contributed by atoms with Gasteiger partial charge in [0.25, 0.3) is 5.91 Å². The number of nitrogen functional groups attached to an aromatic ring is 1. The number of piperidine rings is 1. The Bertz CT molecular complexity index is 948. The number of carbonyl (C=O) groups excluding carboxylic acids is 1. The molecule has 0 radical (unpaired) electrons. The summed E-state index contributed by atoms with van der Waals surface area (Å²) in [7, 11) is 1.48. The molecule has 4 N–H and O–H groups in total. The number of hydrogen-bond acceptors (Lipinski definition) is 6. The molecule has 7 nitrogen and oxygen atoms in total. The maximum absolute atomic E-state index is 12.6. The number of rotatable bonds is 9. The van der Waals surface area contributed by atoms with E-state index in [9.17, 15) is 9.90 Å². The molecule has 0 aromatic heterocycles. The van der Waals surface area contributed by atoms with Crippen LogP contribution in [-0.2, 0) is 0 Å². The maximum atomic E-state index is 12.6. The number of methoxy groups -OCH3 is 1. The van der Waals surface area contributed by atoms with Gasteiger partial charge in [0.05, 0.1) is 33.4 Å². The van der Waals surface area contributed by atoms with E-state index in [4.69, 9.17) is 50.0 Å². The van der Waals surface area contributed by atoms with E-state index in [-0.39, 0.29) is 12.5 Å². The van der Waals surface area contributed by atoms with Crippen molar-refractivity contribution in [1.82, 2.24) is 10.2 Å². The highest BCUT2D eigenvalue weighted by molar-refractivity contribution is 6.37. The van der Waals surface area contributed by atoms with Crippen molar-refractivity contribution in [2.75, 3.05) is 45.6 Å². The van der Waals surface area contributed by atoms with Gasteiger partial charge in [-0.3, -0.25) is 4.79 Å². The van der Waals surface area contributed by atoms with E-state index in [2.05, 4.69) is 10.2 Å². The third-order valence-electron chi connectivity index (χ3n) is 5.63. The van der Waals surface area contributed by atoms with Gasteiger partial charge in [-0.05, 0) is 50.0 Å². The van der Waals surface area contributed by atoms with Crippen molar-refractivity contribution < 1.29 is 19.4 Å². The second kappa shape index (κ2) is 12.0. The zero-order chi connectivity index (χ0) is 24.0. The van der Waals surface area contributed by atoms with Gasteiger partial charge in [-0.25, -0.2) is 0 Å². The molecule has 1 aliphatic rings. The number of aliphatic hydroxyl groups is 1. The summed E-state index contributed by atoms with van der Waals surface area (Å²) < 4.78 is 10.9. The van der Waals surface area contributed by atoms with Crippen molar-refractivity contribution in [1.29, 1.82) is 0 Å². The van der Waals surface area contributed by atoms with Gasteiger partial charge in [0.1, 0.15) is 18.5 Å². The van der Waals surface area contributed by atoms with Gasteiger partial charge in [-0.2, -0.15) is 0 Å². The lowest BCUT2D eigenvalue weighted by Crippen LogP contribution is -2.42. The summed E-state index contributed by atoms with van der Waals surface area (Å²) in [4.78, 5) is 14.8. The highest BCUT2D eigenvalue weighted by Gasteiger charge is 2.23. The fraction of sp³-hybridized carbons (Fsp3) is 0.435. The van der Waals surface area contributed by atoms with E-state index in [1.54, 1.807) is 24.3 Å². The van der Waals surface area contributed by atoms with Crippen molar-refractivity contribution in [3.05, 3.63) is 51.0 Å². The van der Waals surface area contributed by atoms with E-state index in [0.29, 0.717) is 56.8 Å². The van der Waals surface area contributed by atoms with Crippen molar-refractivity contribution in [3.8, 4) is 11.5 Å². The fourth-order valence-corrected chi connectivity index (χ4v) is 4.44. The fourth-order valence-electron chi connectivity index (χ4n) is 3.77. The molecule has 1 fully saturated rings. The van der Waals surface area contributed by atoms with Crippen LogP contribution in [0.15, 0.2) is 30.3 Å². The van der Waals surface area contributed by atoms with Crippen LogP contribution in [0.1, 0.15) is 23.2 Å². The molecule has 0 saturated carbocycles. The largest absolute Gasteiger partial charge is 0.496 e. The standard InChI is InChI=1S/C23H28Cl3N3O4/c1-32-21-10-20(27)19(26)9-16(21)23(31)28-11-14-5-7-29(8-6-14)12-15(30)13-33-22-17(24)3-2-4-18(22)25/h2-4,9-10,14-15,30H,5-8,11-13,27H2,1H3,(H,28,31). The molecule has 10 heteroatoms. The summed E-state index contributed by atoms with van der Waals surface area (Å²) in [5.41, 5.74) is 6.50. The number of hydrogen-bond donors (Lipinski definition) is 3. The molecule has 1 unspecified atom stereocenters. The van der Waals surface area contributed by atoms with Crippen molar-refractivity contribution in [2.24, 2.45) is 5.92 Å². The second-order valence-corrected chi connectivity index (χ2v) is 9.27. The average Bonchev–Trinajstić information content (AvgIpc) is 2.79. The second-order valence-electron chi connectivity index (χ2n) is 8.04. The average molecular weight is 517 g/mol. The summed E-state index contributed by atoms with van der Waals surface area (Å²) in [6, 6.07) is 8.19. The van der Waals surface area contributed by atoms with Gasteiger partial charge in [0.2, 0.25) is 0 Å². The number of para-hydroxylation sites is 1. The lowest BCUT2D eigenvalue weighted by atomic mass is 9.96. The quantitative estimate of drug-likeness (QED) is 0.434. The Morgan fingerprint density at radius 1 is 1.21 bits per heavy atom. The zero-order valence-electron chi connectivity index (χ0n) is 18.3. The third kappa shape index (κ3) is 7.04. The van der Waals surface area contributed by atoms with Gasteiger partial charge in [0, 0.05) is 19.2 Å². The van der Waals surface area contributed by atoms with Crippen LogP contribution in [0.2, 0.25) is 15.1 Å². The number of nitrogens with one attached hydrogen (secondary N) is 1. The molecule has 180 valence electrons. The van der Waals surface area contributed by atoms with Crippen LogP contribution in [0.4, 0.5) is 5.69 Å². The molecule has 3 rings (SSSR count). The Morgan fingerprint density at radius 3 is 2.52 bits per heavy atom. The predicted octanol–water partition coefficient (Wildman–Crippen LogP) is 4.12. The molecule has 1 aliphatic heterocycles. The predicted molar refractivity (Wildman–Crippen MR) is 132 cm³/mol. The number of benzene rings is 2.